The summed E-state index contributed by atoms with van der Waals surface area (Å²) in [5, 5.41) is 13.8. The molecule has 0 aliphatic heterocycles. The number of hydrogen-bond donors (Lipinski definition) is 2. The zero-order chi connectivity index (χ0) is 23.3. The van der Waals surface area contributed by atoms with Crippen LogP contribution in [0.5, 0.6) is 0 Å². The monoisotopic (exact) mass is 455 g/mol. The summed E-state index contributed by atoms with van der Waals surface area (Å²) in [6.07, 6.45) is 0. The molecule has 2 N–H and O–H groups in total. The average Bonchev–Trinajstić information content (AvgIpc) is 3.12. The van der Waals surface area contributed by atoms with E-state index in [1.54, 1.807) is 57.2 Å². The summed E-state index contributed by atoms with van der Waals surface area (Å²) in [6, 6.07) is 11.6. The number of carbonyl (C=O) groups excluding carboxylic acids is 3. The van der Waals surface area contributed by atoms with Crippen LogP contribution in [0.4, 0.5) is 11.4 Å². The number of aromatic nitrogens is 3. The zero-order valence-corrected chi connectivity index (χ0v) is 18.6. The van der Waals surface area contributed by atoms with E-state index in [1.807, 2.05) is 0 Å². The summed E-state index contributed by atoms with van der Waals surface area (Å²) in [6.45, 7) is 5.26. The summed E-state index contributed by atoms with van der Waals surface area (Å²) < 4.78 is 6.29. The summed E-state index contributed by atoms with van der Waals surface area (Å²) in [5.41, 5.74) is 2.59. The molecule has 0 radical (unpaired) electrons. The number of benzene rings is 2. The fourth-order valence-corrected chi connectivity index (χ4v) is 3.09. The Morgan fingerprint density at radius 2 is 1.84 bits per heavy atom. The van der Waals surface area contributed by atoms with Gasteiger partial charge >= 0.3 is 5.97 Å². The summed E-state index contributed by atoms with van der Waals surface area (Å²) in [5.74, 6) is -1.32. The summed E-state index contributed by atoms with van der Waals surface area (Å²) in [4.78, 5) is 36.9. The predicted octanol–water partition coefficient (Wildman–Crippen LogP) is 3.62. The lowest BCUT2D eigenvalue weighted by Gasteiger charge is -2.09. The highest BCUT2D eigenvalue weighted by Gasteiger charge is 2.19. The second-order valence-corrected chi connectivity index (χ2v) is 7.30. The first kappa shape index (κ1) is 23.0. The van der Waals surface area contributed by atoms with Crippen LogP contribution in [-0.4, -0.2) is 39.4 Å². The van der Waals surface area contributed by atoms with Gasteiger partial charge in [0.15, 0.2) is 5.69 Å². The molecule has 0 unspecified atom stereocenters. The van der Waals surface area contributed by atoms with Gasteiger partial charge in [-0.2, -0.15) is 0 Å². The fraction of sp³-hybridized carbons (Fsp3) is 0.227. The van der Waals surface area contributed by atoms with Crippen molar-refractivity contribution in [3.8, 4) is 0 Å². The summed E-state index contributed by atoms with van der Waals surface area (Å²) in [7, 11) is 0. The number of carbonyl (C=O) groups is 3. The van der Waals surface area contributed by atoms with Gasteiger partial charge in [0.05, 0.1) is 17.9 Å². The van der Waals surface area contributed by atoms with Gasteiger partial charge in [-0.15, -0.1) is 5.10 Å². The van der Waals surface area contributed by atoms with Crippen molar-refractivity contribution in [1.82, 2.24) is 15.0 Å². The van der Waals surface area contributed by atoms with E-state index in [0.717, 1.165) is 5.56 Å². The van der Waals surface area contributed by atoms with Gasteiger partial charge in [-0.1, -0.05) is 28.9 Å². The molecule has 0 aliphatic rings. The third-order valence-corrected chi connectivity index (χ3v) is 5.07. The van der Waals surface area contributed by atoms with E-state index in [2.05, 4.69) is 20.9 Å². The van der Waals surface area contributed by atoms with Crippen molar-refractivity contribution < 1.29 is 19.1 Å². The van der Waals surface area contributed by atoms with E-state index in [0.29, 0.717) is 27.7 Å². The van der Waals surface area contributed by atoms with Crippen molar-refractivity contribution in [2.45, 2.75) is 27.3 Å². The second kappa shape index (κ2) is 10.1. The maximum atomic E-state index is 12.6. The number of esters is 1. The van der Waals surface area contributed by atoms with Crippen LogP contribution < -0.4 is 10.6 Å². The largest absolute Gasteiger partial charge is 0.462 e. The van der Waals surface area contributed by atoms with Gasteiger partial charge in [0.25, 0.3) is 5.91 Å². The molecule has 0 spiro atoms. The van der Waals surface area contributed by atoms with E-state index in [-0.39, 0.29) is 18.8 Å². The molecule has 166 valence electrons. The van der Waals surface area contributed by atoms with Crippen LogP contribution in [-0.2, 0) is 16.1 Å². The smallest absolute Gasteiger partial charge is 0.338 e. The van der Waals surface area contributed by atoms with Crippen molar-refractivity contribution in [1.29, 1.82) is 0 Å². The molecule has 1 aromatic heterocycles. The highest BCUT2D eigenvalue weighted by atomic mass is 35.5. The zero-order valence-electron chi connectivity index (χ0n) is 17.8. The Labute approximate surface area is 189 Å². The Bertz CT molecular complexity index is 1170. The lowest BCUT2D eigenvalue weighted by atomic mass is 10.2. The lowest BCUT2D eigenvalue weighted by molar-refractivity contribution is -0.117. The van der Waals surface area contributed by atoms with Crippen molar-refractivity contribution >= 4 is 40.8 Å². The van der Waals surface area contributed by atoms with Crippen LogP contribution in [0, 0.1) is 13.8 Å². The second-order valence-electron chi connectivity index (χ2n) is 6.90. The van der Waals surface area contributed by atoms with Crippen LogP contribution in [0.25, 0.3) is 0 Å². The molecule has 3 rings (SSSR count). The third kappa shape index (κ3) is 5.30. The fourth-order valence-electron chi connectivity index (χ4n) is 2.92. The van der Waals surface area contributed by atoms with Gasteiger partial charge in [0.1, 0.15) is 6.54 Å². The number of nitrogens with one attached hydrogen (secondary N) is 2. The maximum Gasteiger partial charge on any atom is 0.338 e. The number of halogens is 1. The molecule has 10 heteroatoms. The van der Waals surface area contributed by atoms with Crippen LogP contribution in [0.3, 0.4) is 0 Å². The Kier molecular flexibility index (Phi) is 7.21. The molecular formula is C22H22ClN5O4. The standard InChI is InChI=1S/C22H22ClN5O4/c1-4-32-22(31)15-7-5-8-16(11-15)24-19(29)12-28-14(3)20(26-27-28)21(30)25-18-10-6-9-17(23)13(18)2/h5-11H,4,12H2,1-3H3,(H,24,29)(H,25,30). The topological polar surface area (TPSA) is 115 Å². The molecule has 32 heavy (non-hydrogen) atoms. The quantitative estimate of drug-likeness (QED) is 0.526. The molecule has 0 saturated carbocycles. The van der Waals surface area contributed by atoms with E-state index in [9.17, 15) is 14.4 Å². The molecule has 0 atom stereocenters. The highest BCUT2D eigenvalue weighted by molar-refractivity contribution is 6.31. The molecule has 0 bridgehead atoms. The van der Waals surface area contributed by atoms with Crippen molar-refractivity contribution in [3.63, 3.8) is 0 Å². The molecule has 0 aliphatic carbocycles. The van der Waals surface area contributed by atoms with E-state index in [4.69, 9.17) is 16.3 Å². The van der Waals surface area contributed by atoms with Gasteiger partial charge in [0, 0.05) is 16.4 Å². The average molecular weight is 456 g/mol. The molecule has 0 fully saturated rings. The van der Waals surface area contributed by atoms with Crippen LogP contribution in [0.1, 0.15) is 39.0 Å². The first-order valence-corrected chi connectivity index (χ1v) is 10.2. The van der Waals surface area contributed by atoms with Crippen molar-refractivity contribution in [3.05, 3.63) is 70.0 Å². The Morgan fingerprint density at radius 1 is 1.09 bits per heavy atom. The minimum Gasteiger partial charge on any atom is -0.462 e. The Hall–Kier alpha value is -3.72. The number of ether oxygens (including phenoxy) is 1. The van der Waals surface area contributed by atoms with Crippen LogP contribution in [0.2, 0.25) is 5.02 Å². The third-order valence-electron chi connectivity index (χ3n) is 4.66. The predicted molar refractivity (Wildman–Crippen MR) is 120 cm³/mol. The first-order valence-electron chi connectivity index (χ1n) is 9.83. The lowest BCUT2D eigenvalue weighted by Crippen LogP contribution is -2.21. The number of rotatable bonds is 7. The summed E-state index contributed by atoms with van der Waals surface area (Å²) >= 11 is 6.09. The van der Waals surface area contributed by atoms with Gasteiger partial charge < -0.3 is 15.4 Å². The van der Waals surface area contributed by atoms with Crippen LogP contribution in [0.15, 0.2) is 42.5 Å². The minimum absolute atomic E-state index is 0.0986. The van der Waals surface area contributed by atoms with E-state index in [1.165, 1.54) is 10.7 Å². The van der Waals surface area contributed by atoms with E-state index < -0.39 is 17.8 Å². The van der Waals surface area contributed by atoms with Gasteiger partial charge in [-0.05, 0) is 56.7 Å². The maximum absolute atomic E-state index is 12.6. The number of anilines is 2. The molecular weight excluding hydrogens is 434 g/mol. The molecule has 1 heterocycles. The molecule has 2 aromatic carbocycles. The van der Waals surface area contributed by atoms with E-state index >= 15 is 0 Å². The van der Waals surface area contributed by atoms with Crippen molar-refractivity contribution in [2.24, 2.45) is 0 Å². The Balaban J connectivity index is 1.67. The molecule has 2 amide bonds. The normalized spacial score (nSPS) is 10.5. The molecule has 9 nitrogen and oxygen atoms in total. The molecule has 0 saturated heterocycles. The first-order chi connectivity index (χ1) is 15.3. The number of amides is 2. The number of nitrogens with zero attached hydrogens (tertiary/aromatic N) is 3. The SMILES string of the molecule is CCOC(=O)c1cccc(NC(=O)Cn2nnc(C(=O)Nc3cccc(Cl)c3C)c2C)c1. The minimum atomic E-state index is -0.471. The van der Waals surface area contributed by atoms with Gasteiger partial charge in [0.2, 0.25) is 5.91 Å². The van der Waals surface area contributed by atoms with Gasteiger partial charge in [-0.3, -0.25) is 9.59 Å². The van der Waals surface area contributed by atoms with Crippen LogP contribution >= 0.6 is 11.6 Å². The van der Waals surface area contributed by atoms with Gasteiger partial charge in [-0.25, -0.2) is 9.48 Å². The highest BCUT2D eigenvalue weighted by Crippen LogP contribution is 2.23. The Morgan fingerprint density at radius 3 is 2.59 bits per heavy atom. The van der Waals surface area contributed by atoms with Crippen molar-refractivity contribution in [2.75, 3.05) is 17.2 Å². The number of hydrogen-bond acceptors (Lipinski definition) is 6. The molecule has 3 aromatic rings.